The van der Waals surface area contributed by atoms with Crippen molar-refractivity contribution in [1.29, 1.82) is 0 Å². The molecule has 0 radical (unpaired) electrons. The standard InChI is InChI=1S/C15H20FNO/c1-3-15(17)8-6-11(7-9-15)13-5-4-12(18-2)10-14(13)16/h4-6,10H,3,7-9,17H2,1-2H3. The SMILES string of the molecule is CCC1(N)CC=C(c2ccc(OC)cc2F)CC1. The predicted molar refractivity (Wildman–Crippen MR) is 72.0 cm³/mol. The molecule has 0 amide bonds. The van der Waals surface area contributed by atoms with Gasteiger partial charge in [-0.25, -0.2) is 4.39 Å². The van der Waals surface area contributed by atoms with E-state index in [-0.39, 0.29) is 11.4 Å². The third-order valence-electron chi connectivity index (χ3n) is 3.87. The molecule has 0 aliphatic heterocycles. The summed E-state index contributed by atoms with van der Waals surface area (Å²) in [5, 5.41) is 0. The van der Waals surface area contributed by atoms with Gasteiger partial charge < -0.3 is 10.5 Å². The molecule has 1 aliphatic carbocycles. The summed E-state index contributed by atoms with van der Waals surface area (Å²) in [6, 6.07) is 5.01. The van der Waals surface area contributed by atoms with Gasteiger partial charge in [0, 0.05) is 17.2 Å². The minimum Gasteiger partial charge on any atom is -0.497 e. The molecule has 1 atom stereocenters. The second-order valence-electron chi connectivity index (χ2n) is 5.00. The van der Waals surface area contributed by atoms with Gasteiger partial charge in [-0.1, -0.05) is 13.0 Å². The topological polar surface area (TPSA) is 35.2 Å². The highest BCUT2D eigenvalue weighted by atomic mass is 19.1. The Morgan fingerprint density at radius 2 is 2.22 bits per heavy atom. The Morgan fingerprint density at radius 3 is 2.72 bits per heavy atom. The molecule has 98 valence electrons. The Bertz CT molecular complexity index is 470. The lowest BCUT2D eigenvalue weighted by Gasteiger charge is -2.31. The van der Waals surface area contributed by atoms with Gasteiger partial charge in [-0.2, -0.15) is 0 Å². The van der Waals surface area contributed by atoms with Crippen molar-refractivity contribution < 1.29 is 9.13 Å². The third kappa shape index (κ3) is 2.56. The van der Waals surface area contributed by atoms with Crippen LogP contribution in [-0.2, 0) is 0 Å². The van der Waals surface area contributed by atoms with Crippen LogP contribution >= 0.6 is 0 Å². The van der Waals surface area contributed by atoms with Gasteiger partial charge in [0.15, 0.2) is 0 Å². The molecule has 2 nitrogen and oxygen atoms in total. The molecule has 1 unspecified atom stereocenters. The number of ether oxygens (including phenoxy) is 1. The number of methoxy groups -OCH3 is 1. The van der Waals surface area contributed by atoms with Gasteiger partial charge in [0.1, 0.15) is 11.6 Å². The van der Waals surface area contributed by atoms with Gasteiger partial charge in [-0.3, -0.25) is 0 Å². The van der Waals surface area contributed by atoms with Crippen molar-refractivity contribution in [2.24, 2.45) is 5.73 Å². The van der Waals surface area contributed by atoms with E-state index in [1.807, 2.05) is 0 Å². The van der Waals surface area contributed by atoms with Gasteiger partial charge in [0.25, 0.3) is 0 Å². The number of rotatable bonds is 3. The van der Waals surface area contributed by atoms with Crippen LogP contribution in [0.5, 0.6) is 5.75 Å². The smallest absolute Gasteiger partial charge is 0.134 e. The lowest BCUT2D eigenvalue weighted by atomic mass is 9.80. The summed E-state index contributed by atoms with van der Waals surface area (Å²) >= 11 is 0. The zero-order chi connectivity index (χ0) is 13.2. The lowest BCUT2D eigenvalue weighted by molar-refractivity contribution is 0.378. The summed E-state index contributed by atoms with van der Waals surface area (Å²) in [4.78, 5) is 0. The fourth-order valence-corrected chi connectivity index (χ4v) is 2.36. The Hall–Kier alpha value is -1.35. The van der Waals surface area contributed by atoms with Gasteiger partial charge in [0.2, 0.25) is 0 Å². The molecule has 2 rings (SSSR count). The minimum absolute atomic E-state index is 0.105. The fourth-order valence-electron chi connectivity index (χ4n) is 2.36. The monoisotopic (exact) mass is 249 g/mol. The normalized spacial score (nSPS) is 23.7. The summed E-state index contributed by atoms with van der Waals surface area (Å²) in [5.41, 5.74) is 7.85. The minimum atomic E-state index is -0.221. The van der Waals surface area contributed by atoms with Crippen LogP contribution < -0.4 is 10.5 Å². The number of halogens is 1. The second-order valence-corrected chi connectivity index (χ2v) is 5.00. The average Bonchev–Trinajstić information content (AvgIpc) is 2.40. The van der Waals surface area contributed by atoms with Crippen LogP contribution in [0, 0.1) is 5.82 Å². The van der Waals surface area contributed by atoms with E-state index in [1.54, 1.807) is 19.2 Å². The Labute approximate surface area is 108 Å². The van der Waals surface area contributed by atoms with E-state index in [1.165, 1.54) is 6.07 Å². The maximum atomic E-state index is 13.9. The summed E-state index contributed by atoms with van der Waals surface area (Å²) < 4.78 is 19.0. The first-order chi connectivity index (χ1) is 8.58. The van der Waals surface area contributed by atoms with Crippen molar-refractivity contribution in [3.63, 3.8) is 0 Å². The highest BCUT2D eigenvalue weighted by Crippen LogP contribution is 2.34. The van der Waals surface area contributed by atoms with Crippen molar-refractivity contribution in [2.45, 2.75) is 38.1 Å². The molecule has 1 aliphatic rings. The Kier molecular flexibility index (Phi) is 3.71. The summed E-state index contributed by atoms with van der Waals surface area (Å²) in [5.74, 6) is 0.330. The van der Waals surface area contributed by atoms with Crippen molar-refractivity contribution in [3.8, 4) is 5.75 Å². The van der Waals surface area contributed by atoms with E-state index in [9.17, 15) is 4.39 Å². The molecule has 3 heteroatoms. The summed E-state index contributed by atoms with van der Waals surface area (Å²) in [6.07, 6.45) is 5.62. The van der Waals surface area contributed by atoms with Crippen molar-refractivity contribution in [3.05, 3.63) is 35.7 Å². The lowest BCUT2D eigenvalue weighted by Crippen LogP contribution is -2.40. The number of allylic oxidation sites excluding steroid dienone is 1. The molecule has 0 heterocycles. The molecule has 0 spiro atoms. The molecule has 2 N–H and O–H groups in total. The zero-order valence-electron chi connectivity index (χ0n) is 11.0. The van der Waals surface area contributed by atoms with Crippen LogP contribution in [0.25, 0.3) is 5.57 Å². The molecule has 0 saturated carbocycles. The van der Waals surface area contributed by atoms with Crippen LogP contribution in [-0.4, -0.2) is 12.6 Å². The molecule has 0 bridgehead atoms. The van der Waals surface area contributed by atoms with Crippen LogP contribution in [0.15, 0.2) is 24.3 Å². The summed E-state index contributed by atoms with van der Waals surface area (Å²) in [6.45, 7) is 2.10. The molecule has 0 fully saturated rings. The first-order valence-electron chi connectivity index (χ1n) is 6.40. The highest BCUT2D eigenvalue weighted by molar-refractivity contribution is 5.67. The van der Waals surface area contributed by atoms with Crippen molar-refractivity contribution in [2.75, 3.05) is 7.11 Å². The molecule has 18 heavy (non-hydrogen) atoms. The van der Waals surface area contributed by atoms with Gasteiger partial charge >= 0.3 is 0 Å². The maximum Gasteiger partial charge on any atom is 0.134 e. The zero-order valence-corrected chi connectivity index (χ0v) is 11.0. The Morgan fingerprint density at radius 1 is 1.44 bits per heavy atom. The third-order valence-corrected chi connectivity index (χ3v) is 3.87. The largest absolute Gasteiger partial charge is 0.497 e. The Balaban J connectivity index is 2.23. The molecule has 1 aromatic rings. The van der Waals surface area contributed by atoms with E-state index >= 15 is 0 Å². The van der Waals surface area contributed by atoms with Crippen LogP contribution in [0.2, 0.25) is 0 Å². The maximum absolute atomic E-state index is 13.9. The first kappa shape index (κ1) is 13.1. The molecule has 1 aromatic carbocycles. The number of hydrogen-bond donors (Lipinski definition) is 1. The number of hydrogen-bond acceptors (Lipinski definition) is 2. The van der Waals surface area contributed by atoms with Crippen molar-refractivity contribution >= 4 is 5.57 Å². The predicted octanol–water partition coefficient (Wildman–Crippen LogP) is 3.51. The van der Waals surface area contributed by atoms with Gasteiger partial charge in [0.05, 0.1) is 7.11 Å². The van der Waals surface area contributed by atoms with Crippen molar-refractivity contribution in [1.82, 2.24) is 0 Å². The van der Waals surface area contributed by atoms with E-state index in [0.29, 0.717) is 11.3 Å². The second kappa shape index (κ2) is 5.11. The molecular weight excluding hydrogens is 229 g/mol. The highest BCUT2D eigenvalue weighted by Gasteiger charge is 2.26. The summed E-state index contributed by atoms with van der Waals surface area (Å²) in [7, 11) is 1.54. The van der Waals surface area contributed by atoms with Crippen LogP contribution in [0.1, 0.15) is 38.2 Å². The van der Waals surface area contributed by atoms with E-state index in [4.69, 9.17) is 10.5 Å². The molecule has 0 aromatic heterocycles. The number of nitrogens with two attached hydrogens (primary N) is 1. The van der Waals surface area contributed by atoms with E-state index in [0.717, 1.165) is 31.3 Å². The average molecular weight is 249 g/mol. The molecule has 0 saturated heterocycles. The van der Waals surface area contributed by atoms with E-state index in [2.05, 4.69) is 13.0 Å². The fraction of sp³-hybridized carbons (Fsp3) is 0.467. The van der Waals surface area contributed by atoms with E-state index < -0.39 is 0 Å². The molecular formula is C15H20FNO. The van der Waals surface area contributed by atoms with Gasteiger partial charge in [-0.05, 0) is 43.4 Å². The van der Waals surface area contributed by atoms with Crippen LogP contribution in [0.3, 0.4) is 0 Å². The quantitative estimate of drug-likeness (QED) is 0.889. The first-order valence-corrected chi connectivity index (χ1v) is 6.40. The van der Waals surface area contributed by atoms with Gasteiger partial charge in [-0.15, -0.1) is 0 Å². The van der Waals surface area contributed by atoms with Crippen LogP contribution in [0.4, 0.5) is 4.39 Å². The number of benzene rings is 1.